The SMILES string of the molecule is COc1ccc(Cc2nc(C(C)N)n(CC(=O)N3CCNCC3)n2)cc1OC. The Hall–Kier alpha value is -2.65. The van der Waals surface area contributed by atoms with Crippen LogP contribution >= 0.6 is 0 Å². The van der Waals surface area contributed by atoms with Gasteiger partial charge in [-0.25, -0.2) is 9.67 Å². The number of carbonyl (C=O) groups excluding carboxylic acids is 1. The highest BCUT2D eigenvalue weighted by Gasteiger charge is 2.21. The molecule has 1 atom stereocenters. The van der Waals surface area contributed by atoms with Crippen LogP contribution in [0.5, 0.6) is 11.5 Å². The molecule has 1 amide bonds. The van der Waals surface area contributed by atoms with Crippen molar-refractivity contribution in [3.8, 4) is 11.5 Å². The standard InChI is InChI=1S/C19H28N6O3/c1-13(20)19-22-17(11-14-4-5-15(27-2)16(10-14)28-3)23-25(19)12-18(26)24-8-6-21-7-9-24/h4-5,10,13,21H,6-9,11-12,20H2,1-3H3. The van der Waals surface area contributed by atoms with Gasteiger partial charge in [0.05, 0.1) is 20.3 Å². The molecule has 0 bridgehead atoms. The summed E-state index contributed by atoms with van der Waals surface area (Å²) in [5.41, 5.74) is 7.05. The van der Waals surface area contributed by atoms with Crippen LogP contribution in [-0.4, -0.2) is 66.0 Å². The zero-order valence-electron chi connectivity index (χ0n) is 16.6. The van der Waals surface area contributed by atoms with Crippen molar-refractivity contribution in [1.29, 1.82) is 0 Å². The van der Waals surface area contributed by atoms with E-state index in [2.05, 4.69) is 15.4 Å². The van der Waals surface area contributed by atoms with Crippen molar-refractivity contribution in [2.24, 2.45) is 5.73 Å². The number of amides is 1. The molecule has 3 N–H and O–H groups in total. The smallest absolute Gasteiger partial charge is 0.244 e. The lowest BCUT2D eigenvalue weighted by atomic mass is 10.1. The Morgan fingerprint density at radius 2 is 1.96 bits per heavy atom. The Bertz CT molecular complexity index is 814. The van der Waals surface area contributed by atoms with E-state index in [-0.39, 0.29) is 18.5 Å². The summed E-state index contributed by atoms with van der Waals surface area (Å²) < 4.78 is 12.3. The van der Waals surface area contributed by atoms with Crippen LogP contribution in [0.15, 0.2) is 18.2 Å². The fraction of sp³-hybridized carbons (Fsp3) is 0.526. The van der Waals surface area contributed by atoms with Gasteiger partial charge in [-0.3, -0.25) is 4.79 Å². The number of nitrogens with one attached hydrogen (secondary N) is 1. The average molecular weight is 388 g/mol. The molecule has 9 nitrogen and oxygen atoms in total. The average Bonchev–Trinajstić information content (AvgIpc) is 3.10. The maximum absolute atomic E-state index is 12.6. The number of hydrogen-bond donors (Lipinski definition) is 2. The van der Waals surface area contributed by atoms with E-state index in [1.54, 1.807) is 18.9 Å². The minimum Gasteiger partial charge on any atom is -0.493 e. The number of methoxy groups -OCH3 is 2. The molecule has 1 fully saturated rings. The van der Waals surface area contributed by atoms with Crippen LogP contribution in [0, 0.1) is 0 Å². The van der Waals surface area contributed by atoms with Gasteiger partial charge in [-0.1, -0.05) is 6.07 Å². The van der Waals surface area contributed by atoms with E-state index in [0.717, 1.165) is 18.7 Å². The molecule has 1 saturated heterocycles. The van der Waals surface area contributed by atoms with Gasteiger partial charge in [0, 0.05) is 32.6 Å². The Morgan fingerprint density at radius 1 is 1.25 bits per heavy atom. The quantitative estimate of drug-likeness (QED) is 0.704. The predicted octanol–water partition coefficient (Wildman–Crippen LogP) is 0.338. The molecule has 0 radical (unpaired) electrons. The fourth-order valence-corrected chi connectivity index (χ4v) is 3.25. The first-order valence-electron chi connectivity index (χ1n) is 9.40. The zero-order chi connectivity index (χ0) is 20.1. The summed E-state index contributed by atoms with van der Waals surface area (Å²) in [6.07, 6.45) is 0.509. The number of carbonyl (C=O) groups is 1. The molecule has 0 saturated carbocycles. The Balaban J connectivity index is 1.77. The molecule has 9 heteroatoms. The largest absolute Gasteiger partial charge is 0.493 e. The second-order valence-electron chi connectivity index (χ2n) is 6.83. The van der Waals surface area contributed by atoms with Crippen molar-refractivity contribution in [3.05, 3.63) is 35.4 Å². The maximum Gasteiger partial charge on any atom is 0.244 e. The third kappa shape index (κ3) is 4.60. The molecule has 0 spiro atoms. The van der Waals surface area contributed by atoms with Crippen LogP contribution in [0.4, 0.5) is 0 Å². The van der Waals surface area contributed by atoms with Gasteiger partial charge in [0.1, 0.15) is 12.4 Å². The highest BCUT2D eigenvalue weighted by molar-refractivity contribution is 5.76. The van der Waals surface area contributed by atoms with E-state index >= 15 is 0 Å². The molecule has 3 rings (SSSR count). The first-order valence-corrected chi connectivity index (χ1v) is 9.40. The van der Waals surface area contributed by atoms with E-state index in [1.807, 2.05) is 30.0 Å². The van der Waals surface area contributed by atoms with Gasteiger partial charge in [-0.15, -0.1) is 0 Å². The van der Waals surface area contributed by atoms with Crippen molar-refractivity contribution >= 4 is 5.91 Å². The van der Waals surface area contributed by atoms with Gasteiger partial charge < -0.3 is 25.4 Å². The zero-order valence-corrected chi connectivity index (χ0v) is 16.6. The minimum atomic E-state index is -0.317. The molecule has 0 aliphatic carbocycles. The van der Waals surface area contributed by atoms with Crippen LogP contribution < -0.4 is 20.5 Å². The Labute approximate surface area is 164 Å². The lowest BCUT2D eigenvalue weighted by molar-refractivity contribution is -0.132. The van der Waals surface area contributed by atoms with Crippen LogP contribution in [-0.2, 0) is 17.8 Å². The molecule has 2 heterocycles. The monoisotopic (exact) mass is 388 g/mol. The van der Waals surface area contributed by atoms with Crippen LogP contribution in [0.1, 0.15) is 30.2 Å². The molecule has 1 aliphatic heterocycles. The first-order chi connectivity index (χ1) is 13.5. The summed E-state index contributed by atoms with van der Waals surface area (Å²) >= 11 is 0. The molecule has 1 unspecified atom stereocenters. The summed E-state index contributed by atoms with van der Waals surface area (Å²) in [5.74, 6) is 2.58. The summed E-state index contributed by atoms with van der Waals surface area (Å²) in [5, 5.41) is 7.79. The lowest BCUT2D eigenvalue weighted by Gasteiger charge is -2.27. The summed E-state index contributed by atoms with van der Waals surface area (Å²) in [4.78, 5) is 19.0. The predicted molar refractivity (Wildman–Crippen MR) is 104 cm³/mol. The second kappa shape index (κ2) is 9.03. The van der Waals surface area contributed by atoms with Crippen LogP contribution in [0.2, 0.25) is 0 Å². The topological polar surface area (TPSA) is 108 Å². The van der Waals surface area contributed by atoms with Crippen LogP contribution in [0.3, 0.4) is 0 Å². The number of ether oxygens (including phenoxy) is 2. The number of nitrogens with two attached hydrogens (primary N) is 1. The summed E-state index contributed by atoms with van der Waals surface area (Å²) in [7, 11) is 3.20. The molecule has 1 aliphatic rings. The molecular formula is C19H28N6O3. The lowest BCUT2D eigenvalue weighted by Crippen LogP contribution is -2.47. The molecule has 152 valence electrons. The third-order valence-electron chi connectivity index (χ3n) is 4.72. The number of benzene rings is 1. The van der Waals surface area contributed by atoms with Crippen LogP contribution in [0.25, 0.3) is 0 Å². The van der Waals surface area contributed by atoms with Crippen molar-refractivity contribution in [1.82, 2.24) is 25.0 Å². The van der Waals surface area contributed by atoms with Gasteiger partial charge in [-0.2, -0.15) is 5.10 Å². The second-order valence-corrected chi connectivity index (χ2v) is 6.83. The van der Waals surface area contributed by atoms with Gasteiger partial charge in [-0.05, 0) is 24.6 Å². The van der Waals surface area contributed by atoms with E-state index < -0.39 is 0 Å². The van der Waals surface area contributed by atoms with E-state index in [0.29, 0.717) is 42.7 Å². The molecule has 1 aromatic carbocycles. The van der Waals surface area contributed by atoms with Gasteiger partial charge in [0.25, 0.3) is 0 Å². The molecule has 2 aromatic rings. The fourth-order valence-electron chi connectivity index (χ4n) is 3.25. The number of hydrogen-bond acceptors (Lipinski definition) is 7. The molecule has 28 heavy (non-hydrogen) atoms. The van der Waals surface area contributed by atoms with Crippen molar-refractivity contribution in [2.75, 3.05) is 40.4 Å². The molecule has 1 aromatic heterocycles. The van der Waals surface area contributed by atoms with Crippen molar-refractivity contribution in [3.63, 3.8) is 0 Å². The number of piperazine rings is 1. The first kappa shape index (κ1) is 20.1. The minimum absolute atomic E-state index is 0.0333. The number of rotatable bonds is 7. The number of nitrogens with zero attached hydrogens (tertiary/aromatic N) is 4. The highest BCUT2D eigenvalue weighted by Crippen LogP contribution is 2.28. The summed E-state index contributed by atoms with van der Waals surface area (Å²) in [6.45, 7) is 5.03. The summed E-state index contributed by atoms with van der Waals surface area (Å²) in [6, 6.07) is 5.38. The van der Waals surface area contributed by atoms with Gasteiger partial charge in [0.15, 0.2) is 17.3 Å². The number of aromatic nitrogens is 3. The molecular weight excluding hydrogens is 360 g/mol. The Kier molecular flexibility index (Phi) is 6.48. The van der Waals surface area contributed by atoms with E-state index in [9.17, 15) is 4.79 Å². The van der Waals surface area contributed by atoms with Gasteiger partial charge >= 0.3 is 0 Å². The van der Waals surface area contributed by atoms with E-state index in [4.69, 9.17) is 15.2 Å². The Morgan fingerprint density at radius 3 is 2.61 bits per heavy atom. The van der Waals surface area contributed by atoms with Crippen molar-refractivity contribution in [2.45, 2.75) is 25.9 Å². The van der Waals surface area contributed by atoms with Crippen molar-refractivity contribution < 1.29 is 14.3 Å². The maximum atomic E-state index is 12.6. The van der Waals surface area contributed by atoms with Gasteiger partial charge in [0.2, 0.25) is 5.91 Å². The normalized spacial score (nSPS) is 15.4. The third-order valence-corrected chi connectivity index (χ3v) is 4.72. The van der Waals surface area contributed by atoms with E-state index in [1.165, 1.54) is 0 Å². The highest BCUT2D eigenvalue weighted by atomic mass is 16.5.